The summed E-state index contributed by atoms with van der Waals surface area (Å²) in [4.78, 5) is 12.7. The van der Waals surface area contributed by atoms with E-state index >= 15 is 0 Å². The van der Waals surface area contributed by atoms with Crippen LogP contribution in [0, 0.1) is 0 Å². The minimum absolute atomic E-state index is 0.0722. The number of rotatable bonds is 4. The molecule has 84 valence electrons. The third-order valence-electron chi connectivity index (χ3n) is 2.03. The van der Waals surface area contributed by atoms with Gasteiger partial charge in [0, 0.05) is 4.88 Å². The molecule has 2 aromatic rings. The molecule has 0 aliphatic rings. The van der Waals surface area contributed by atoms with E-state index in [4.69, 9.17) is 0 Å². The molecule has 0 bridgehead atoms. The maximum absolute atomic E-state index is 11.6. The molecule has 16 heavy (non-hydrogen) atoms. The van der Waals surface area contributed by atoms with Gasteiger partial charge in [-0.1, -0.05) is 0 Å². The Labute approximate surface area is 110 Å². The van der Waals surface area contributed by atoms with E-state index in [0.29, 0.717) is 13.0 Å². The van der Waals surface area contributed by atoms with Crippen LogP contribution in [0.5, 0.6) is 0 Å². The first-order chi connectivity index (χ1) is 7.74. The van der Waals surface area contributed by atoms with E-state index in [0.717, 1.165) is 14.2 Å². The highest BCUT2D eigenvalue weighted by molar-refractivity contribution is 9.11. The van der Waals surface area contributed by atoms with Gasteiger partial charge in [0.2, 0.25) is 5.91 Å². The fourth-order valence-electron chi connectivity index (χ4n) is 1.27. The van der Waals surface area contributed by atoms with Crippen LogP contribution in [0.4, 0.5) is 0 Å². The Kier molecular flexibility index (Phi) is 4.15. The zero-order chi connectivity index (χ0) is 11.4. The molecule has 2 rings (SSSR count). The molecule has 0 atom stereocenters. The molecule has 0 saturated heterocycles. The Hall–Kier alpha value is -0.650. The Balaban J connectivity index is 1.80. The predicted molar refractivity (Wildman–Crippen MR) is 71.9 cm³/mol. The van der Waals surface area contributed by atoms with Gasteiger partial charge in [0.1, 0.15) is 0 Å². The van der Waals surface area contributed by atoms with Crippen molar-refractivity contribution in [3.8, 4) is 0 Å². The number of halogens is 1. The van der Waals surface area contributed by atoms with Gasteiger partial charge in [-0.3, -0.25) is 4.79 Å². The van der Waals surface area contributed by atoms with E-state index in [9.17, 15) is 4.79 Å². The average Bonchev–Trinajstić information content (AvgIpc) is 2.87. The predicted octanol–water partition coefficient (Wildman–Crippen LogP) is 3.43. The second-order valence-corrected chi connectivity index (χ2v) is 6.62. The molecule has 1 amide bonds. The third-order valence-corrected chi connectivity index (χ3v) is 4.39. The minimum atomic E-state index is 0.0722. The van der Waals surface area contributed by atoms with E-state index in [1.54, 1.807) is 22.7 Å². The van der Waals surface area contributed by atoms with Gasteiger partial charge in [-0.05, 0) is 50.5 Å². The van der Waals surface area contributed by atoms with Gasteiger partial charge in [-0.25, -0.2) is 0 Å². The number of nitrogens with one attached hydrogen (secondary N) is 1. The first-order valence-electron chi connectivity index (χ1n) is 4.76. The lowest BCUT2D eigenvalue weighted by Gasteiger charge is -2.01. The van der Waals surface area contributed by atoms with Crippen molar-refractivity contribution in [2.75, 3.05) is 0 Å². The van der Waals surface area contributed by atoms with Crippen molar-refractivity contribution in [1.82, 2.24) is 5.32 Å². The molecule has 0 radical (unpaired) electrons. The Bertz CT molecular complexity index is 464. The van der Waals surface area contributed by atoms with Gasteiger partial charge in [0.25, 0.3) is 0 Å². The van der Waals surface area contributed by atoms with E-state index in [1.165, 1.54) is 0 Å². The number of thiophene rings is 2. The summed E-state index contributed by atoms with van der Waals surface area (Å²) in [6.45, 7) is 0.610. The quantitative estimate of drug-likeness (QED) is 0.920. The lowest BCUT2D eigenvalue weighted by molar-refractivity contribution is -0.120. The molecular formula is C11H10BrNOS2. The van der Waals surface area contributed by atoms with E-state index in [1.807, 2.05) is 29.0 Å². The van der Waals surface area contributed by atoms with Crippen LogP contribution in [0.2, 0.25) is 0 Å². The van der Waals surface area contributed by atoms with Crippen LogP contribution >= 0.6 is 38.6 Å². The zero-order valence-corrected chi connectivity index (χ0v) is 11.6. The second-order valence-electron chi connectivity index (χ2n) is 3.29. The molecule has 0 spiro atoms. The van der Waals surface area contributed by atoms with Gasteiger partial charge < -0.3 is 5.32 Å². The van der Waals surface area contributed by atoms with Crippen molar-refractivity contribution < 1.29 is 4.79 Å². The summed E-state index contributed by atoms with van der Waals surface area (Å²) in [5, 5.41) is 6.89. The standard InChI is InChI=1S/C11H10BrNOS2/c12-10-2-1-9(16-10)6-13-11(14)5-8-3-4-15-7-8/h1-4,7H,5-6H2,(H,13,14). The fraction of sp³-hybridized carbons (Fsp3) is 0.182. The number of amides is 1. The molecule has 5 heteroatoms. The second kappa shape index (κ2) is 5.61. The number of hydrogen-bond acceptors (Lipinski definition) is 3. The number of carbonyl (C=O) groups excluding carboxylic acids is 1. The van der Waals surface area contributed by atoms with Gasteiger partial charge >= 0.3 is 0 Å². The Morgan fingerprint density at radius 2 is 2.25 bits per heavy atom. The summed E-state index contributed by atoms with van der Waals surface area (Å²) in [5.74, 6) is 0.0722. The molecule has 0 unspecified atom stereocenters. The third kappa shape index (κ3) is 3.43. The molecule has 0 aliphatic carbocycles. The van der Waals surface area contributed by atoms with Crippen LogP contribution < -0.4 is 5.32 Å². The molecule has 0 fully saturated rings. The maximum Gasteiger partial charge on any atom is 0.224 e. The highest BCUT2D eigenvalue weighted by Crippen LogP contribution is 2.21. The smallest absolute Gasteiger partial charge is 0.224 e. The van der Waals surface area contributed by atoms with Gasteiger partial charge in [0.15, 0.2) is 0 Å². The van der Waals surface area contributed by atoms with E-state index in [-0.39, 0.29) is 5.91 Å². The molecule has 0 aromatic carbocycles. The minimum Gasteiger partial charge on any atom is -0.351 e. The number of carbonyl (C=O) groups is 1. The molecule has 2 heterocycles. The van der Waals surface area contributed by atoms with Crippen LogP contribution in [0.25, 0.3) is 0 Å². The Morgan fingerprint density at radius 3 is 2.88 bits per heavy atom. The molecular weight excluding hydrogens is 306 g/mol. The molecule has 0 saturated carbocycles. The lowest BCUT2D eigenvalue weighted by atomic mass is 10.2. The van der Waals surface area contributed by atoms with Crippen LogP contribution in [0.15, 0.2) is 32.7 Å². The average molecular weight is 316 g/mol. The summed E-state index contributed by atoms with van der Waals surface area (Å²) in [6.07, 6.45) is 0.468. The van der Waals surface area contributed by atoms with Crippen molar-refractivity contribution in [2.45, 2.75) is 13.0 Å². The monoisotopic (exact) mass is 315 g/mol. The normalized spacial score (nSPS) is 10.3. The first-order valence-corrected chi connectivity index (χ1v) is 7.31. The number of hydrogen-bond donors (Lipinski definition) is 1. The van der Waals surface area contributed by atoms with Crippen molar-refractivity contribution in [3.05, 3.63) is 43.2 Å². The first kappa shape index (κ1) is 11.8. The van der Waals surface area contributed by atoms with E-state index in [2.05, 4.69) is 21.2 Å². The van der Waals surface area contributed by atoms with Crippen LogP contribution in [-0.4, -0.2) is 5.91 Å². The van der Waals surface area contributed by atoms with Gasteiger partial charge in [-0.15, -0.1) is 11.3 Å². The largest absolute Gasteiger partial charge is 0.351 e. The Morgan fingerprint density at radius 1 is 1.38 bits per heavy atom. The summed E-state index contributed by atoms with van der Waals surface area (Å²) >= 11 is 6.65. The van der Waals surface area contributed by atoms with Crippen molar-refractivity contribution >= 4 is 44.5 Å². The molecule has 2 aromatic heterocycles. The summed E-state index contributed by atoms with van der Waals surface area (Å²) in [5.41, 5.74) is 1.08. The molecule has 0 aliphatic heterocycles. The maximum atomic E-state index is 11.6. The van der Waals surface area contributed by atoms with Gasteiger partial charge in [0.05, 0.1) is 16.8 Å². The molecule has 2 nitrogen and oxygen atoms in total. The summed E-state index contributed by atoms with van der Waals surface area (Å²) in [6, 6.07) is 5.98. The van der Waals surface area contributed by atoms with Crippen molar-refractivity contribution in [3.63, 3.8) is 0 Å². The highest BCUT2D eigenvalue weighted by Gasteiger charge is 2.04. The molecule has 1 N–H and O–H groups in total. The van der Waals surface area contributed by atoms with Crippen LogP contribution in [0.1, 0.15) is 10.4 Å². The summed E-state index contributed by atoms with van der Waals surface area (Å²) < 4.78 is 1.09. The zero-order valence-electron chi connectivity index (χ0n) is 8.40. The van der Waals surface area contributed by atoms with Crippen molar-refractivity contribution in [1.29, 1.82) is 0 Å². The topological polar surface area (TPSA) is 29.1 Å². The lowest BCUT2D eigenvalue weighted by Crippen LogP contribution is -2.23. The van der Waals surface area contributed by atoms with E-state index < -0.39 is 0 Å². The summed E-state index contributed by atoms with van der Waals surface area (Å²) in [7, 11) is 0. The van der Waals surface area contributed by atoms with Crippen LogP contribution in [-0.2, 0) is 17.8 Å². The van der Waals surface area contributed by atoms with Gasteiger partial charge in [-0.2, -0.15) is 11.3 Å². The fourth-order valence-corrected chi connectivity index (χ4v) is 3.37. The highest BCUT2D eigenvalue weighted by atomic mass is 79.9. The van der Waals surface area contributed by atoms with Crippen LogP contribution in [0.3, 0.4) is 0 Å². The SMILES string of the molecule is O=C(Cc1ccsc1)NCc1ccc(Br)s1. The van der Waals surface area contributed by atoms with Crippen molar-refractivity contribution in [2.24, 2.45) is 0 Å².